The van der Waals surface area contributed by atoms with E-state index in [1.54, 1.807) is 7.11 Å². The average molecular weight is 349 g/mol. The van der Waals surface area contributed by atoms with Gasteiger partial charge in [-0.1, -0.05) is 24.3 Å². The first-order valence-corrected chi connectivity index (χ1v) is 7.40. The molecule has 0 fully saturated rings. The van der Waals surface area contributed by atoms with Crippen molar-refractivity contribution in [2.45, 2.75) is 6.42 Å². The van der Waals surface area contributed by atoms with Gasteiger partial charge in [-0.15, -0.1) is 0 Å². The Kier molecular flexibility index (Phi) is 5.63. The van der Waals surface area contributed by atoms with E-state index in [4.69, 9.17) is 4.74 Å². The number of rotatable bonds is 5. The number of carbonyl (C=O) groups excluding carboxylic acids is 1. The summed E-state index contributed by atoms with van der Waals surface area (Å²) in [6.45, 7) is 0.572. The minimum Gasteiger partial charge on any atom is -0.497 e. The van der Waals surface area contributed by atoms with E-state index < -0.39 is 0 Å². The van der Waals surface area contributed by atoms with E-state index in [-0.39, 0.29) is 6.03 Å². The highest BCUT2D eigenvalue weighted by atomic mass is 79.9. The summed E-state index contributed by atoms with van der Waals surface area (Å²) in [6, 6.07) is 15.1. The minimum absolute atomic E-state index is 0.213. The molecular weight excluding hydrogens is 332 g/mol. The number of ether oxygens (including phenoxy) is 1. The number of carbonyl (C=O) groups is 1. The number of benzene rings is 2. The molecule has 2 aromatic rings. The molecule has 110 valence electrons. The molecule has 21 heavy (non-hydrogen) atoms. The van der Waals surface area contributed by atoms with Gasteiger partial charge in [0.25, 0.3) is 0 Å². The van der Waals surface area contributed by atoms with Crippen LogP contribution in [0.25, 0.3) is 0 Å². The van der Waals surface area contributed by atoms with E-state index in [0.717, 1.165) is 27.9 Å². The Bertz CT molecular complexity index is 599. The van der Waals surface area contributed by atoms with Crippen LogP contribution in [0.4, 0.5) is 10.5 Å². The Balaban J connectivity index is 1.77. The fourth-order valence-corrected chi connectivity index (χ4v) is 2.23. The average Bonchev–Trinajstić information content (AvgIpc) is 2.50. The minimum atomic E-state index is -0.213. The van der Waals surface area contributed by atoms with E-state index in [9.17, 15) is 4.79 Å². The molecule has 0 heterocycles. The monoisotopic (exact) mass is 348 g/mol. The van der Waals surface area contributed by atoms with Crippen molar-refractivity contribution in [3.8, 4) is 5.75 Å². The quantitative estimate of drug-likeness (QED) is 0.862. The van der Waals surface area contributed by atoms with E-state index in [0.29, 0.717) is 6.54 Å². The number of para-hydroxylation sites is 1. The molecule has 0 aliphatic carbocycles. The molecule has 0 unspecified atom stereocenters. The number of halogens is 1. The number of nitrogens with one attached hydrogen (secondary N) is 2. The summed E-state index contributed by atoms with van der Waals surface area (Å²) >= 11 is 3.39. The first-order chi connectivity index (χ1) is 10.2. The molecule has 0 aliphatic rings. The topological polar surface area (TPSA) is 50.4 Å². The molecule has 2 aromatic carbocycles. The first-order valence-electron chi connectivity index (χ1n) is 6.61. The molecule has 0 bridgehead atoms. The molecule has 0 saturated heterocycles. The van der Waals surface area contributed by atoms with Crippen LogP contribution in [0.15, 0.2) is 53.0 Å². The highest BCUT2D eigenvalue weighted by molar-refractivity contribution is 9.10. The molecule has 0 atom stereocenters. The third-order valence-corrected chi connectivity index (χ3v) is 3.67. The number of amides is 2. The summed E-state index contributed by atoms with van der Waals surface area (Å²) in [4.78, 5) is 11.8. The summed E-state index contributed by atoms with van der Waals surface area (Å²) in [6.07, 6.45) is 0.771. The van der Waals surface area contributed by atoms with Crippen molar-refractivity contribution >= 4 is 27.6 Å². The molecule has 5 heteroatoms. The van der Waals surface area contributed by atoms with Crippen molar-refractivity contribution in [3.05, 3.63) is 58.6 Å². The van der Waals surface area contributed by atoms with Gasteiger partial charge in [0.05, 0.1) is 12.8 Å². The van der Waals surface area contributed by atoms with Crippen molar-refractivity contribution in [2.24, 2.45) is 0 Å². The van der Waals surface area contributed by atoms with Gasteiger partial charge >= 0.3 is 6.03 Å². The SMILES string of the molecule is COc1ccc(CCNC(=O)Nc2ccccc2Br)cc1. The molecule has 2 amide bonds. The van der Waals surface area contributed by atoms with Gasteiger partial charge in [0.15, 0.2) is 0 Å². The molecule has 0 radical (unpaired) electrons. The lowest BCUT2D eigenvalue weighted by molar-refractivity contribution is 0.252. The normalized spacial score (nSPS) is 10.0. The highest BCUT2D eigenvalue weighted by Crippen LogP contribution is 2.20. The Morgan fingerprint density at radius 2 is 1.86 bits per heavy atom. The maximum absolute atomic E-state index is 11.8. The lowest BCUT2D eigenvalue weighted by Crippen LogP contribution is -2.30. The molecule has 4 nitrogen and oxygen atoms in total. The van der Waals surface area contributed by atoms with Crippen LogP contribution < -0.4 is 15.4 Å². The number of hydrogen-bond acceptors (Lipinski definition) is 2. The van der Waals surface area contributed by atoms with Crippen LogP contribution in [-0.4, -0.2) is 19.7 Å². The zero-order valence-corrected chi connectivity index (χ0v) is 13.3. The fourth-order valence-electron chi connectivity index (χ4n) is 1.84. The predicted octanol–water partition coefficient (Wildman–Crippen LogP) is 3.82. The molecule has 2 N–H and O–H groups in total. The predicted molar refractivity (Wildman–Crippen MR) is 87.9 cm³/mol. The van der Waals surface area contributed by atoms with Crippen molar-refractivity contribution in [1.82, 2.24) is 5.32 Å². The van der Waals surface area contributed by atoms with E-state index >= 15 is 0 Å². The summed E-state index contributed by atoms with van der Waals surface area (Å²) in [5.74, 6) is 0.832. The van der Waals surface area contributed by atoms with Crippen LogP contribution in [-0.2, 0) is 6.42 Å². The van der Waals surface area contributed by atoms with Gasteiger partial charge in [0, 0.05) is 11.0 Å². The van der Waals surface area contributed by atoms with Crippen LogP contribution in [0.3, 0.4) is 0 Å². The third-order valence-electron chi connectivity index (χ3n) is 2.98. The molecule has 0 aromatic heterocycles. The number of methoxy groups -OCH3 is 1. The first kappa shape index (κ1) is 15.4. The lowest BCUT2D eigenvalue weighted by atomic mass is 10.1. The second kappa shape index (κ2) is 7.69. The van der Waals surface area contributed by atoms with Crippen LogP contribution in [0, 0.1) is 0 Å². The number of anilines is 1. The zero-order valence-electron chi connectivity index (χ0n) is 11.7. The largest absolute Gasteiger partial charge is 0.497 e. The molecular formula is C16H17BrN2O2. The van der Waals surface area contributed by atoms with E-state index in [1.165, 1.54) is 0 Å². The Hall–Kier alpha value is -2.01. The summed E-state index contributed by atoms with van der Waals surface area (Å²) in [5, 5.41) is 5.63. The van der Waals surface area contributed by atoms with Gasteiger partial charge in [-0.05, 0) is 52.2 Å². The summed E-state index contributed by atoms with van der Waals surface area (Å²) < 4.78 is 5.96. The third kappa shape index (κ3) is 4.79. The van der Waals surface area contributed by atoms with E-state index in [1.807, 2.05) is 48.5 Å². The maximum atomic E-state index is 11.8. The molecule has 2 rings (SSSR count). The van der Waals surface area contributed by atoms with Gasteiger partial charge in [-0.3, -0.25) is 0 Å². The van der Waals surface area contributed by atoms with Crippen LogP contribution in [0.1, 0.15) is 5.56 Å². The lowest BCUT2D eigenvalue weighted by Gasteiger charge is -2.09. The Labute approximate surface area is 132 Å². The molecule has 0 spiro atoms. The summed E-state index contributed by atoms with van der Waals surface area (Å²) in [5.41, 5.74) is 1.90. The molecule has 0 aliphatic heterocycles. The standard InChI is InChI=1S/C16H17BrN2O2/c1-21-13-8-6-12(7-9-13)10-11-18-16(20)19-15-5-3-2-4-14(15)17/h2-9H,10-11H2,1H3,(H2,18,19,20). The number of urea groups is 1. The van der Waals surface area contributed by atoms with Gasteiger partial charge in [0.1, 0.15) is 5.75 Å². The van der Waals surface area contributed by atoms with Crippen molar-refractivity contribution in [1.29, 1.82) is 0 Å². The van der Waals surface area contributed by atoms with Gasteiger partial charge in [0.2, 0.25) is 0 Å². The second-order valence-electron chi connectivity index (χ2n) is 4.46. The van der Waals surface area contributed by atoms with Crippen LogP contribution in [0.5, 0.6) is 5.75 Å². The van der Waals surface area contributed by atoms with Gasteiger partial charge < -0.3 is 15.4 Å². The van der Waals surface area contributed by atoms with Crippen LogP contribution >= 0.6 is 15.9 Å². The number of hydrogen-bond donors (Lipinski definition) is 2. The Morgan fingerprint density at radius 3 is 2.52 bits per heavy atom. The van der Waals surface area contributed by atoms with Crippen molar-refractivity contribution in [2.75, 3.05) is 19.0 Å². The fraction of sp³-hybridized carbons (Fsp3) is 0.188. The maximum Gasteiger partial charge on any atom is 0.319 e. The van der Waals surface area contributed by atoms with Crippen molar-refractivity contribution < 1.29 is 9.53 Å². The van der Waals surface area contributed by atoms with E-state index in [2.05, 4.69) is 26.6 Å². The van der Waals surface area contributed by atoms with Gasteiger partial charge in [-0.25, -0.2) is 4.79 Å². The smallest absolute Gasteiger partial charge is 0.319 e. The Morgan fingerprint density at radius 1 is 1.14 bits per heavy atom. The highest BCUT2D eigenvalue weighted by Gasteiger charge is 2.04. The zero-order chi connectivity index (χ0) is 15.1. The van der Waals surface area contributed by atoms with Gasteiger partial charge in [-0.2, -0.15) is 0 Å². The van der Waals surface area contributed by atoms with Crippen LogP contribution in [0.2, 0.25) is 0 Å². The van der Waals surface area contributed by atoms with Crippen molar-refractivity contribution in [3.63, 3.8) is 0 Å². The second-order valence-corrected chi connectivity index (χ2v) is 5.31. The molecule has 0 saturated carbocycles. The summed E-state index contributed by atoms with van der Waals surface area (Å²) in [7, 11) is 1.64.